The van der Waals surface area contributed by atoms with E-state index in [1.165, 1.54) is 0 Å². The summed E-state index contributed by atoms with van der Waals surface area (Å²) in [5.74, 6) is -0.430. The van der Waals surface area contributed by atoms with Crippen LogP contribution in [0.15, 0.2) is 24.3 Å². The average Bonchev–Trinajstić information content (AvgIpc) is 2.81. The van der Waals surface area contributed by atoms with E-state index >= 15 is 0 Å². The van der Waals surface area contributed by atoms with E-state index in [9.17, 15) is 9.59 Å². The molecule has 0 aliphatic carbocycles. The van der Waals surface area contributed by atoms with Gasteiger partial charge < -0.3 is 15.2 Å². The molecular weight excluding hydrogens is 246 g/mol. The monoisotopic (exact) mass is 263 g/mol. The van der Waals surface area contributed by atoms with E-state index in [-0.39, 0.29) is 18.4 Å². The maximum Gasteiger partial charge on any atom is 0.305 e. The fourth-order valence-corrected chi connectivity index (χ4v) is 2.13. The molecule has 0 bridgehead atoms. The highest BCUT2D eigenvalue weighted by Crippen LogP contribution is 2.28. The quantitative estimate of drug-likeness (QED) is 0.841. The Labute approximate surface area is 111 Å². The zero-order valence-electron chi connectivity index (χ0n) is 10.8. The molecule has 0 saturated carbocycles. The summed E-state index contributed by atoms with van der Waals surface area (Å²) in [7, 11) is 0. The number of hydrogen-bond donors (Lipinski definition) is 2. The van der Waals surface area contributed by atoms with Crippen molar-refractivity contribution in [3.8, 4) is 5.75 Å². The van der Waals surface area contributed by atoms with E-state index in [0.717, 1.165) is 11.3 Å². The average molecular weight is 263 g/mol. The summed E-state index contributed by atoms with van der Waals surface area (Å²) < 4.78 is 5.56. The molecule has 1 heterocycles. The number of rotatable bonds is 5. The second-order valence-corrected chi connectivity index (χ2v) is 4.63. The maximum absolute atomic E-state index is 12.0. The lowest BCUT2D eigenvalue weighted by Crippen LogP contribution is -2.43. The fraction of sp³-hybridized carbons (Fsp3) is 0.429. The van der Waals surface area contributed by atoms with Crippen LogP contribution in [0.25, 0.3) is 0 Å². The second kappa shape index (κ2) is 5.73. The van der Waals surface area contributed by atoms with Crippen LogP contribution in [0, 0.1) is 0 Å². The molecule has 0 spiro atoms. The number of carbonyl (C=O) groups is 2. The predicted molar refractivity (Wildman–Crippen MR) is 69.0 cm³/mol. The van der Waals surface area contributed by atoms with Crippen molar-refractivity contribution < 1.29 is 19.4 Å². The number of para-hydroxylation sites is 1. The summed E-state index contributed by atoms with van der Waals surface area (Å²) in [4.78, 5) is 22.7. The molecule has 5 heteroatoms. The van der Waals surface area contributed by atoms with Crippen LogP contribution in [0.4, 0.5) is 0 Å². The van der Waals surface area contributed by atoms with Gasteiger partial charge in [-0.3, -0.25) is 9.59 Å². The van der Waals surface area contributed by atoms with Gasteiger partial charge in [0.15, 0.2) is 6.10 Å². The van der Waals surface area contributed by atoms with E-state index in [1.807, 2.05) is 31.2 Å². The van der Waals surface area contributed by atoms with Crippen molar-refractivity contribution in [1.82, 2.24) is 5.32 Å². The van der Waals surface area contributed by atoms with Crippen LogP contribution >= 0.6 is 0 Å². The number of carbonyl (C=O) groups excluding carboxylic acids is 1. The van der Waals surface area contributed by atoms with Gasteiger partial charge >= 0.3 is 5.97 Å². The first-order valence-corrected chi connectivity index (χ1v) is 6.37. The van der Waals surface area contributed by atoms with Gasteiger partial charge in [0.25, 0.3) is 5.91 Å². The summed E-state index contributed by atoms with van der Waals surface area (Å²) in [5, 5.41) is 11.5. The molecule has 102 valence electrons. The molecular formula is C14H17NO4. The number of benzene rings is 1. The smallest absolute Gasteiger partial charge is 0.305 e. The van der Waals surface area contributed by atoms with E-state index in [1.54, 1.807) is 0 Å². The van der Waals surface area contributed by atoms with E-state index in [0.29, 0.717) is 12.8 Å². The highest BCUT2D eigenvalue weighted by molar-refractivity contribution is 5.83. The van der Waals surface area contributed by atoms with Gasteiger partial charge in [-0.2, -0.15) is 0 Å². The fourth-order valence-electron chi connectivity index (χ4n) is 2.13. The lowest BCUT2D eigenvalue weighted by atomic mass is 10.1. The molecule has 0 aromatic heterocycles. The Morgan fingerprint density at radius 2 is 2.21 bits per heavy atom. The van der Waals surface area contributed by atoms with E-state index < -0.39 is 12.1 Å². The molecule has 2 atom stereocenters. The number of hydrogen-bond acceptors (Lipinski definition) is 3. The Bertz CT molecular complexity index is 461. The standard InChI is InChI=1S/C14H17NO4/c1-2-10(8-13(16)17)15-14(18)12-7-9-5-3-4-6-11(9)19-12/h3-6,10,12H,2,7-8H2,1H3,(H,15,18)(H,16,17). The molecule has 1 aromatic carbocycles. The number of ether oxygens (including phenoxy) is 1. The van der Waals surface area contributed by atoms with Crippen LogP contribution in [0.2, 0.25) is 0 Å². The molecule has 0 radical (unpaired) electrons. The van der Waals surface area contributed by atoms with Gasteiger partial charge in [-0.25, -0.2) is 0 Å². The zero-order chi connectivity index (χ0) is 13.8. The minimum atomic E-state index is -0.914. The first-order chi connectivity index (χ1) is 9.10. The van der Waals surface area contributed by atoms with Gasteiger partial charge in [-0.1, -0.05) is 25.1 Å². The highest BCUT2D eigenvalue weighted by atomic mass is 16.5. The highest BCUT2D eigenvalue weighted by Gasteiger charge is 2.30. The lowest BCUT2D eigenvalue weighted by molar-refractivity contribution is -0.138. The third-order valence-corrected chi connectivity index (χ3v) is 3.20. The zero-order valence-corrected chi connectivity index (χ0v) is 10.8. The number of aliphatic carboxylic acids is 1. The van der Waals surface area contributed by atoms with Crippen molar-refractivity contribution >= 4 is 11.9 Å². The van der Waals surface area contributed by atoms with Gasteiger partial charge in [0, 0.05) is 12.5 Å². The first-order valence-electron chi connectivity index (χ1n) is 6.37. The van der Waals surface area contributed by atoms with Crippen molar-refractivity contribution in [2.24, 2.45) is 0 Å². The van der Waals surface area contributed by atoms with E-state index in [2.05, 4.69) is 5.32 Å². The minimum absolute atomic E-state index is 0.0676. The summed E-state index contributed by atoms with van der Waals surface area (Å²) in [6.07, 6.45) is 0.491. The lowest BCUT2D eigenvalue weighted by Gasteiger charge is -2.17. The largest absolute Gasteiger partial charge is 0.481 e. The molecule has 1 aromatic rings. The topological polar surface area (TPSA) is 75.6 Å². The SMILES string of the molecule is CCC(CC(=O)O)NC(=O)C1Cc2ccccc2O1. The molecule has 5 nitrogen and oxygen atoms in total. The van der Waals surface area contributed by atoms with Crippen LogP contribution in [0.1, 0.15) is 25.3 Å². The first kappa shape index (κ1) is 13.4. The Morgan fingerprint density at radius 3 is 2.84 bits per heavy atom. The Hall–Kier alpha value is -2.04. The van der Waals surface area contributed by atoms with Gasteiger partial charge in [-0.15, -0.1) is 0 Å². The van der Waals surface area contributed by atoms with Crippen molar-refractivity contribution in [3.05, 3.63) is 29.8 Å². The number of carboxylic acid groups (broad SMARTS) is 1. The van der Waals surface area contributed by atoms with Gasteiger partial charge in [0.05, 0.1) is 6.42 Å². The number of amides is 1. The number of nitrogens with one attached hydrogen (secondary N) is 1. The van der Waals surface area contributed by atoms with Crippen molar-refractivity contribution in [3.63, 3.8) is 0 Å². The molecule has 0 saturated heterocycles. The van der Waals surface area contributed by atoms with Crippen molar-refractivity contribution in [2.45, 2.75) is 38.3 Å². The molecule has 2 rings (SSSR count). The molecule has 1 amide bonds. The minimum Gasteiger partial charge on any atom is -0.481 e. The van der Waals surface area contributed by atoms with Crippen LogP contribution in [0.3, 0.4) is 0 Å². The summed E-state index contributed by atoms with van der Waals surface area (Å²) in [6, 6.07) is 7.17. The summed E-state index contributed by atoms with van der Waals surface area (Å²) in [5.41, 5.74) is 1.01. The molecule has 1 aliphatic rings. The predicted octanol–water partition coefficient (Wildman–Crippen LogP) is 1.36. The Morgan fingerprint density at radius 1 is 1.47 bits per heavy atom. The van der Waals surface area contributed by atoms with Crippen molar-refractivity contribution in [2.75, 3.05) is 0 Å². The maximum atomic E-state index is 12.0. The summed E-state index contributed by atoms with van der Waals surface area (Å²) in [6.45, 7) is 1.85. The number of carboxylic acids is 1. The Kier molecular flexibility index (Phi) is 4.04. The van der Waals surface area contributed by atoms with Gasteiger partial charge in [-0.05, 0) is 18.1 Å². The molecule has 19 heavy (non-hydrogen) atoms. The van der Waals surface area contributed by atoms with Crippen molar-refractivity contribution in [1.29, 1.82) is 0 Å². The van der Waals surface area contributed by atoms with Crippen LogP contribution in [-0.2, 0) is 16.0 Å². The molecule has 2 unspecified atom stereocenters. The van der Waals surface area contributed by atoms with Gasteiger partial charge in [0.2, 0.25) is 0 Å². The van der Waals surface area contributed by atoms with E-state index in [4.69, 9.17) is 9.84 Å². The van der Waals surface area contributed by atoms with Crippen LogP contribution in [0.5, 0.6) is 5.75 Å². The Balaban J connectivity index is 1.93. The number of fused-ring (bicyclic) bond motifs is 1. The molecule has 0 fully saturated rings. The summed E-state index contributed by atoms with van der Waals surface area (Å²) >= 11 is 0. The van der Waals surface area contributed by atoms with Crippen LogP contribution < -0.4 is 10.1 Å². The van der Waals surface area contributed by atoms with Crippen LogP contribution in [-0.4, -0.2) is 29.1 Å². The van der Waals surface area contributed by atoms with Gasteiger partial charge in [0.1, 0.15) is 5.75 Å². The normalized spacial score (nSPS) is 18.3. The molecule has 1 aliphatic heterocycles. The third-order valence-electron chi connectivity index (χ3n) is 3.20. The second-order valence-electron chi connectivity index (χ2n) is 4.63. The third kappa shape index (κ3) is 3.24. The molecule has 2 N–H and O–H groups in total.